The average Bonchev–Trinajstić information content (AvgIpc) is 2.48. The zero-order valence-corrected chi connectivity index (χ0v) is 9.94. The lowest BCUT2D eigenvalue weighted by atomic mass is 10.2. The number of nitrogens with one attached hydrogen (secondary N) is 2. The second kappa shape index (κ2) is 5.27. The van der Waals surface area contributed by atoms with Crippen molar-refractivity contribution in [2.24, 2.45) is 0 Å². The third-order valence-corrected chi connectivity index (χ3v) is 2.34. The van der Waals surface area contributed by atoms with E-state index in [4.69, 9.17) is 0 Å². The van der Waals surface area contributed by atoms with Crippen molar-refractivity contribution in [3.05, 3.63) is 41.3 Å². The summed E-state index contributed by atoms with van der Waals surface area (Å²) in [6.07, 6.45) is 1.24. The Labute approximate surface area is 109 Å². The van der Waals surface area contributed by atoms with Gasteiger partial charge in [0.05, 0.1) is 0 Å². The smallest absolute Gasteiger partial charge is 0.224 e. The molecule has 0 aliphatic carbocycles. The molecule has 1 aromatic heterocycles. The Bertz CT molecular complexity index is 632. The Balaban J connectivity index is 2.48. The first-order valence-electron chi connectivity index (χ1n) is 5.25. The average molecular weight is 290 g/mol. The molecule has 0 atom stereocenters. The first-order valence-corrected chi connectivity index (χ1v) is 5.25. The summed E-state index contributed by atoms with van der Waals surface area (Å²) in [5, 5.41) is 4.59. The summed E-state index contributed by atoms with van der Waals surface area (Å²) in [5.41, 5.74) is -1.18. The van der Waals surface area contributed by atoms with Crippen molar-refractivity contribution >= 4 is 17.5 Å². The SMILES string of the molecule is CNc1nccc(Nc2c(F)c(F)c(F)c(F)c2F)n1. The van der Waals surface area contributed by atoms with Gasteiger partial charge in [-0.3, -0.25) is 0 Å². The van der Waals surface area contributed by atoms with Gasteiger partial charge in [-0.25, -0.2) is 26.9 Å². The number of anilines is 3. The van der Waals surface area contributed by atoms with Gasteiger partial charge in [0.2, 0.25) is 11.8 Å². The fraction of sp³-hybridized carbons (Fsp3) is 0.0909. The van der Waals surface area contributed by atoms with Crippen LogP contribution in [0, 0.1) is 29.1 Å². The predicted molar refractivity (Wildman–Crippen MR) is 61.1 cm³/mol. The quantitative estimate of drug-likeness (QED) is 0.518. The van der Waals surface area contributed by atoms with Gasteiger partial charge in [-0.1, -0.05) is 0 Å². The Kier molecular flexibility index (Phi) is 3.68. The predicted octanol–water partition coefficient (Wildman–Crippen LogP) is 2.96. The van der Waals surface area contributed by atoms with E-state index in [2.05, 4.69) is 15.3 Å². The van der Waals surface area contributed by atoms with Crippen LogP contribution >= 0.6 is 0 Å². The van der Waals surface area contributed by atoms with E-state index >= 15 is 0 Å². The summed E-state index contributed by atoms with van der Waals surface area (Å²) in [5.74, 6) is -10.2. The fourth-order valence-electron chi connectivity index (χ4n) is 1.39. The Morgan fingerprint density at radius 3 is 2.00 bits per heavy atom. The van der Waals surface area contributed by atoms with Crippen LogP contribution in [0.15, 0.2) is 12.3 Å². The van der Waals surface area contributed by atoms with Crippen molar-refractivity contribution < 1.29 is 22.0 Å². The van der Waals surface area contributed by atoms with Crippen LogP contribution in [0.4, 0.5) is 39.4 Å². The van der Waals surface area contributed by atoms with Crippen LogP contribution in [0.3, 0.4) is 0 Å². The van der Waals surface area contributed by atoms with E-state index in [1.165, 1.54) is 19.3 Å². The molecule has 2 aromatic rings. The summed E-state index contributed by atoms with van der Waals surface area (Å²) in [7, 11) is 1.50. The lowest BCUT2D eigenvalue weighted by molar-refractivity contribution is 0.382. The molecule has 0 aliphatic heterocycles. The van der Waals surface area contributed by atoms with Gasteiger partial charge in [-0.05, 0) is 6.07 Å². The molecule has 0 aliphatic rings. The van der Waals surface area contributed by atoms with Gasteiger partial charge in [0.15, 0.2) is 23.3 Å². The lowest BCUT2D eigenvalue weighted by Crippen LogP contribution is -2.08. The van der Waals surface area contributed by atoms with Crippen molar-refractivity contribution in [2.75, 3.05) is 17.7 Å². The standard InChI is InChI=1S/C11H7F5N4/c1-17-11-18-3-2-4(20-11)19-10-8(15)6(13)5(12)7(14)9(10)16/h2-3H,1H3,(H2,17,18,19,20). The van der Waals surface area contributed by atoms with Gasteiger partial charge in [0.25, 0.3) is 0 Å². The Morgan fingerprint density at radius 1 is 0.900 bits per heavy atom. The van der Waals surface area contributed by atoms with Crippen molar-refractivity contribution in [3.8, 4) is 0 Å². The number of halogens is 5. The summed E-state index contributed by atoms with van der Waals surface area (Å²) < 4.78 is 65.7. The molecule has 0 unspecified atom stereocenters. The van der Waals surface area contributed by atoms with Crippen LogP contribution in [0.5, 0.6) is 0 Å². The number of nitrogens with zero attached hydrogens (tertiary/aromatic N) is 2. The largest absolute Gasteiger partial charge is 0.357 e. The number of hydrogen-bond donors (Lipinski definition) is 2. The summed E-state index contributed by atoms with van der Waals surface area (Å²) >= 11 is 0. The summed E-state index contributed by atoms with van der Waals surface area (Å²) in [6, 6.07) is 1.21. The molecule has 0 fully saturated rings. The second-order valence-corrected chi connectivity index (χ2v) is 3.59. The van der Waals surface area contributed by atoms with Crippen LogP contribution in [0.25, 0.3) is 0 Å². The molecule has 106 valence electrons. The molecule has 0 spiro atoms. The monoisotopic (exact) mass is 290 g/mol. The zero-order chi connectivity index (χ0) is 14.9. The normalized spacial score (nSPS) is 10.5. The van der Waals surface area contributed by atoms with Crippen molar-refractivity contribution in [3.63, 3.8) is 0 Å². The minimum Gasteiger partial charge on any atom is -0.357 e. The maximum absolute atomic E-state index is 13.4. The van der Waals surface area contributed by atoms with Gasteiger partial charge in [-0.15, -0.1) is 0 Å². The van der Waals surface area contributed by atoms with Gasteiger partial charge in [0, 0.05) is 13.2 Å². The van der Waals surface area contributed by atoms with Crippen molar-refractivity contribution in [2.45, 2.75) is 0 Å². The van der Waals surface area contributed by atoms with Crippen molar-refractivity contribution in [1.82, 2.24) is 9.97 Å². The number of aromatic nitrogens is 2. The van der Waals surface area contributed by atoms with Gasteiger partial charge in [-0.2, -0.15) is 4.98 Å². The highest BCUT2D eigenvalue weighted by atomic mass is 19.2. The number of rotatable bonds is 3. The first kappa shape index (κ1) is 14.0. The highest BCUT2D eigenvalue weighted by molar-refractivity contribution is 5.58. The third kappa shape index (κ3) is 2.33. The fourth-order valence-corrected chi connectivity index (χ4v) is 1.39. The molecule has 2 N–H and O–H groups in total. The van der Waals surface area contributed by atoms with E-state index in [0.29, 0.717) is 0 Å². The summed E-state index contributed by atoms with van der Waals surface area (Å²) in [4.78, 5) is 7.48. The molecular formula is C11H7F5N4. The van der Waals surface area contributed by atoms with Crippen LogP contribution in [-0.4, -0.2) is 17.0 Å². The molecule has 2 rings (SSSR count). The first-order chi connectivity index (χ1) is 9.45. The van der Waals surface area contributed by atoms with Gasteiger partial charge in [0.1, 0.15) is 11.5 Å². The molecule has 4 nitrogen and oxygen atoms in total. The van der Waals surface area contributed by atoms with E-state index in [1.54, 1.807) is 0 Å². The lowest BCUT2D eigenvalue weighted by Gasteiger charge is -2.10. The molecule has 9 heteroatoms. The molecule has 0 radical (unpaired) electrons. The van der Waals surface area contributed by atoms with Gasteiger partial charge >= 0.3 is 0 Å². The molecule has 0 saturated carbocycles. The highest BCUT2D eigenvalue weighted by Crippen LogP contribution is 2.29. The minimum atomic E-state index is -2.22. The minimum absolute atomic E-state index is 0.110. The van der Waals surface area contributed by atoms with E-state index in [1.807, 2.05) is 5.32 Å². The molecule has 0 amide bonds. The van der Waals surface area contributed by atoms with Gasteiger partial charge < -0.3 is 10.6 Å². The van der Waals surface area contributed by atoms with E-state index in [-0.39, 0.29) is 11.8 Å². The molecule has 1 heterocycles. The summed E-state index contributed by atoms with van der Waals surface area (Å²) in [6.45, 7) is 0. The number of hydrogen-bond acceptors (Lipinski definition) is 4. The zero-order valence-electron chi connectivity index (χ0n) is 9.94. The molecule has 1 aromatic carbocycles. The van der Waals surface area contributed by atoms with E-state index in [9.17, 15) is 22.0 Å². The van der Waals surface area contributed by atoms with Crippen molar-refractivity contribution in [1.29, 1.82) is 0 Å². The third-order valence-electron chi connectivity index (χ3n) is 2.34. The van der Waals surface area contributed by atoms with Crippen LogP contribution in [0.2, 0.25) is 0 Å². The maximum Gasteiger partial charge on any atom is 0.224 e. The maximum atomic E-state index is 13.4. The van der Waals surface area contributed by atoms with E-state index in [0.717, 1.165) is 0 Å². The van der Waals surface area contributed by atoms with E-state index < -0.39 is 34.8 Å². The molecule has 0 saturated heterocycles. The van der Waals surface area contributed by atoms with Crippen LogP contribution in [-0.2, 0) is 0 Å². The molecular weight excluding hydrogens is 283 g/mol. The topological polar surface area (TPSA) is 49.8 Å². The van der Waals surface area contributed by atoms with Crippen LogP contribution in [0.1, 0.15) is 0 Å². The Hall–Kier alpha value is -2.45. The Morgan fingerprint density at radius 2 is 1.45 bits per heavy atom. The second-order valence-electron chi connectivity index (χ2n) is 3.59. The highest BCUT2D eigenvalue weighted by Gasteiger charge is 2.26. The molecule has 0 bridgehead atoms. The van der Waals surface area contributed by atoms with Crippen LogP contribution < -0.4 is 10.6 Å². The molecule has 20 heavy (non-hydrogen) atoms. The number of benzene rings is 1.